The molecular weight excluding hydrogens is 404 g/mol. The highest BCUT2D eigenvalue weighted by Crippen LogP contribution is 2.29. The van der Waals surface area contributed by atoms with Gasteiger partial charge in [-0.05, 0) is 50.1 Å². The van der Waals surface area contributed by atoms with E-state index in [0.29, 0.717) is 35.7 Å². The van der Waals surface area contributed by atoms with Gasteiger partial charge in [-0.1, -0.05) is 6.92 Å². The fraction of sp³-hybridized carbons (Fsp3) is 0.273. The van der Waals surface area contributed by atoms with E-state index in [1.54, 1.807) is 19.1 Å². The van der Waals surface area contributed by atoms with Crippen LogP contribution in [0.1, 0.15) is 25.0 Å². The second-order valence-corrected chi connectivity index (χ2v) is 6.71. The van der Waals surface area contributed by atoms with Crippen molar-refractivity contribution in [3.63, 3.8) is 0 Å². The summed E-state index contributed by atoms with van der Waals surface area (Å²) in [6.45, 7) is 5.49. The molecule has 0 saturated carbocycles. The second-order valence-electron chi connectivity index (χ2n) is 6.71. The lowest BCUT2D eigenvalue weighted by Gasteiger charge is -2.10. The molecule has 0 aliphatic carbocycles. The van der Waals surface area contributed by atoms with Crippen LogP contribution in [-0.2, 0) is 11.2 Å². The number of anilines is 1. The molecular formula is C22H22N2O7. The van der Waals surface area contributed by atoms with Crippen molar-refractivity contribution in [3.05, 3.63) is 68.1 Å². The first-order valence-electron chi connectivity index (χ1n) is 9.74. The Hall–Kier alpha value is -3.88. The van der Waals surface area contributed by atoms with Gasteiger partial charge in [-0.25, -0.2) is 4.79 Å². The molecule has 0 radical (unpaired) electrons. The summed E-state index contributed by atoms with van der Waals surface area (Å²) in [6.07, 6.45) is 0.570. The molecule has 0 fully saturated rings. The molecule has 0 bridgehead atoms. The van der Waals surface area contributed by atoms with E-state index in [4.69, 9.17) is 13.9 Å². The Bertz CT molecular complexity index is 1200. The summed E-state index contributed by atoms with van der Waals surface area (Å²) < 4.78 is 16.1. The van der Waals surface area contributed by atoms with Gasteiger partial charge in [-0.2, -0.15) is 0 Å². The normalized spacial score (nSPS) is 10.7. The third kappa shape index (κ3) is 4.82. The third-order valence-electron chi connectivity index (χ3n) is 4.73. The van der Waals surface area contributed by atoms with Gasteiger partial charge in [0.2, 0.25) is 0 Å². The Morgan fingerprint density at radius 1 is 1.13 bits per heavy atom. The maximum Gasteiger partial charge on any atom is 0.339 e. The number of nitro benzene ring substituents is 1. The van der Waals surface area contributed by atoms with Crippen LogP contribution in [0.15, 0.2) is 45.6 Å². The highest BCUT2D eigenvalue weighted by Gasteiger charge is 2.18. The quantitative estimate of drug-likeness (QED) is 0.328. The zero-order valence-electron chi connectivity index (χ0n) is 17.4. The number of hydrogen-bond acceptors (Lipinski definition) is 7. The number of hydrogen-bond donors (Lipinski definition) is 1. The molecule has 1 N–H and O–H groups in total. The topological polar surface area (TPSA) is 121 Å². The van der Waals surface area contributed by atoms with Gasteiger partial charge < -0.3 is 19.2 Å². The number of fused-ring (bicyclic) bond motifs is 1. The molecule has 0 aliphatic heterocycles. The van der Waals surface area contributed by atoms with Crippen LogP contribution < -0.4 is 20.4 Å². The molecule has 0 atom stereocenters. The lowest BCUT2D eigenvalue weighted by atomic mass is 10.0. The minimum absolute atomic E-state index is 0.0364. The first-order valence-corrected chi connectivity index (χ1v) is 9.74. The van der Waals surface area contributed by atoms with Gasteiger partial charge in [0.05, 0.1) is 17.6 Å². The molecule has 1 heterocycles. The van der Waals surface area contributed by atoms with E-state index in [1.807, 2.05) is 13.8 Å². The fourth-order valence-electron chi connectivity index (χ4n) is 3.23. The standard InChI is InChI=1S/C22H22N2O7/c1-4-16-13(3)17-8-6-15(11-20(17)31-22(16)26)30-12-21(25)23-18-9-7-14(29-5-2)10-19(18)24(27)28/h6-11H,4-5,12H2,1-3H3,(H,23,25). The van der Waals surface area contributed by atoms with Crippen LogP contribution in [0.3, 0.4) is 0 Å². The molecule has 0 unspecified atom stereocenters. The van der Waals surface area contributed by atoms with Crippen LogP contribution in [0.2, 0.25) is 0 Å². The average Bonchev–Trinajstić information content (AvgIpc) is 2.73. The summed E-state index contributed by atoms with van der Waals surface area (Å²) in [7, 11) is 0. The van der Waals surface area contributed by atoms with Gasteiger partial charge in [0.15, 0.2) is 6.61 Å². The summed E-state index contributed by atoms with van der Waals surface area (Å²) >= 11 is 0. The minimum atomic E-state index is -0.600. The number of nitrogens with one attached hydrogen (secondary N) is 1. The lowest BCUT2D eigenvalue weighted by Crippen LogP contribution is -2.20. The zero-order chi connectivity index (χ0) is 22.5. The molecule has 9 nitrogen and oxygen atoms in total. The smallest absolute Gasteiger partial charge is 0.339 e. The Morgan fingerprint density at radius 3 is 2.52 bits per heavy atom. The summed E-state index contributed by atoms with van der Waals surface area (Å²) in [6, 6.07) is 9.15. The summed E-state index contributed by atoms with van der Waals surface area (Å²) in [5, 5.41) is 14.6. The van der Waals surface area contributed by atoms with Crippen LogP contribution in [0.25, 0.3) is 11.0 Å². The molecule has 31 heavy (non-hydrogen) atoms. The number of amides is 1. The molecule has 9 heteroatoms. The third-order valence-corrected chi connectivity index (χ3v) is 4.73. The highest BCUT2D eigenvalue weighted by molar-refractivity contribution is 5.94. The van der Waals surface area contributed by atoms with Gasteiger partial charge in [-0.3, -0.25) is 14.9 Å². The Kier molecular flexibility index (Phi) is 6.54. The van der Waals surface area contributed by atoms with E-state index in [2.05, 4.69) is 5.32 Å². The van der Waals surface area contributed by atoms with E-state index >= 15 is 0 Å². The summed E-state index contributed by atoms with van der Waals surface area (Å²) in [5.74, 6) is 0.0876. The molecule has 3 aromatic rings. The van der Waals surface area contributed by atoms with Crippen LogP contribution in [-0.4, -0.2) is 24.0 Å². The number of carbonyl (C=O) groups excluding carboxylic acids is 1. The fourth-order valence-corrected chi connectivity index (χ4v) is 3.23. The number of benzene rings is 2. The summed E-state index contributed by atoms with van der Waals surface area (Å²) in [5.41, 5.74) is 1.19. The molecule has 1 aromatic heterocycles. The monoisotopic (exact) mass is 426 g/mol. The minimum Gasteiger partial charge on any atom is -0.494 e. The van der Waals surface area contributed by atoms with Crippen LogP contribution >= 0.6 is 0 Å². The number of nitro groups is 1. The summed E-state index contributed by atoms with van der Waals surface area (Å²) in [4.78, 5) is 35.0. The SMILES string of the molecule is CCOc1ccc(NC(=O)COc2ccc3c(C)c(CC)c(=O)oc3c2)c([N+](=O)[O-])c1. The van der Waals surface area contributed by atoms with Gasteiger partial charge in [0.25, 0.3) is 11.6 Å². The number of ether oxygens (including phenoxy) is 2. The largest absolute Gasteiger partial charge is 0.494 e. The zero-order valence-corrected chi connectivity index (χ0v) is 17.4. The Morgan fingerprint density at radius 2 is 1.84 bits per heavy atom. The van der Waals surface area contributed by atoms with E-state index in [0.717, 1.165) is 10.9 Å². The number of carbonyl (C=O) groups is 1. The molecule has 2 aromatic carbocycles. The van der Waals surface area contributed by atoms with Gasteiger partial charge in [0.1, 0.15) is 22.8 Å². The van der Waals surface area contributed by atoms with Crippen LogP contribution in [0.4, 0.5) is 11.4 Å². The van der Waals surface area contributed by atoms with Gasteiger partial charge >= 0.3 is 5.63 Å². The van der Waals surface area contributed by atoms with Crippen molar-refractivity contribution in [2.75, 3.05) is 18.5 Å². The van der Waals surface area contributed by atoms with Crippen LogP contribution in [0, 0.1) is 17.0 Å². The number of rotatable bonds is 8. The molecule has 162 valence electrons. The second kappa shape index (κ2) is 9.29. The van der Waals surface area contributed by atoms with Crippen molar-refractivity contribution in [1.29, 1.82) is 0 Å². The van der Waals surface area contributed by atoms with Crippen molar-refractivity contribution in [2.45, 2.75) is 27.2 Å². The highest BCUT2D eigenvalue weighted by atomic mass is 16.6. The maximum absolute atomic E-state index is 12.3. The van der Waals surface area contributed by atoms with Crippen LogP contribution in [0.5, 0.6) is 11.5 Å². The maximum atomic E-state index is 12.3. The van der Waals surface area contributed by atoms with E-state index < -0.39 is 16.5 Å². The van der Waals surface area contributed by atoms with Gasteiger partial charge in [-0.15, -0.1) is 0 Å². The van der Waals surface area contributed by atoms with Crippen molar-refractivity contribution in [2.24, 2.45) is 0 Å². The van der Waals surface area contributed by atoms with Crippen molar-refractivity contribution in [3.8, 4) is 11.5 Å². The molecule has 3 rings (SSSR count). The first-order chi connectivity index (χ1) is 14.8. The van der Waals surface area contributed by atoms with Gasteiger partial charge in [0, 0.05) is 17.0 Å². The molecule has 0 spiro atoms. The van der Waals surface area contributed by atoms with E-state index in [-0.39, 0.29) is 18.0 Å². The first kappa shape index (κ1) is 21.8. The van der Waals surface area contributed by atoms with Crippen molar-refractivity contribution < 1.29 is 23.6 Å². The lowest BCUT2D eigenvalue weighted by molar-refractivity contribution is -0.384. The Labute approximate surface area is 177 Å². The van der Waals surface area contributed by atoms with Crippen molar-refractivity contribution in [1.82, 2.24) is 0 Å². The number of aryl methyl sites for hydroxylation is 1. The molecule has 0 saturated heterocycles. The van der Waals surface area contributed by atoms with E-state index in [1.165, 1.54) is 24.3 Å². The molecule has 1 amide bonds. The van der Waals surface area contributed by atoms with E-state index in [9.17, 15) is 19.7 Å². The average molecular weight is 426 g/mol. The predicted octanol–water partition coefficient (Wildman–Crippen LogP) is 3.99. The molecule has 0 aliphatic rings. The van der Waals surface area contributed by atoms with Crippen molar-refractivity contribution >= 4 is 28.3 Å². The Balaban J connectivity index is 1.73. The predicted molar refractivity (Wildman–Crippen MR) is 115 cm³/mol. The number of nitrogens with zero attached hydrogens (tertiary/aromatic N) is 1.